The quantitative estimate of drug-likeness (QED) is 0.716. The molecule has 4 heteroatoms. The second-order valence-corrected chi connectivity index (χ2v) is 4.24. The second-order valence-electron chi connectivity index (χ2n) is 4.24. The van der Waals surface area contributed by atoms with Crippen LogP contribution in [-0.2, 0) is 4.74 Å². The van der Waals surface area contributed by atoms with E-state index in [9.17, 15) is 0 Å². The van der Waals surface area contributed by atoms with Crippen molar-refractivity contribution in [2.75, 3.05) is 32.8 Å². The number of hydrogen-bond donors (Lipinski definition) is 2. The van der Waals surface area contributed by atoms with Crippen LogP contribution in [0.15, 0.2) is 4.99 Å². The monoisotopic (exact) mass is 211 g/mol. The molecule has 86 valence electrons. The average molecular weight is 211 g/mol. The van der Waals surface area contributed by atoms with Crippen molar-refractivity contribution < 1.29 is 4.74 Å². The van der Waals surface area contributed by atoms with E-state index >= 15 is 0 Å². The van der Waals surface area contributed by atoms with Crippen molar-refractivity contribution in [3.05, 3.63) is 0 Å². The molecule has 0 amide bonds. The summed E-state index contributed by atoms with van der Waals surface area (Å²) in [4.78, 5) is 4.37. The van der Waals surface area contributed by atoms with Gasteiger partial charge in [-0.2, -0.15) is 0 Å². The molecule has 0 spiro atoms. The second kappa shape index (κ2) is 6.08. The first kappa shape index (κ1) is 10.9. The maximum atomic E-state index is 5.32. The molecule has 0 bridgehead atoms. The van der Waals surface area contributed by atoms with Crippen LogP contribution < -0.4 is 10.6 Å². The van der Waals surface area contributed by atoms with Crippen molar-refractivity contribution in [1.29, 1.82) is 0 Å². The van der Waals surface area contributed by atoms with Gasteiger partial charge in [0.05, 0.1) is 13.2 Å². The zero-order valence-corrected chi connectivity index (χ0v) is 9.30. The molecule has 2 heterocycles. The Kier molecular flexibility index (Phi) is 4.41. The van der Waals surface area contributed by atoms with Crippen molar-refractivity contribution in [1.82, 2.24) is 10.6 Å². The fraction of sp³-hybridized carbons (Fsp3) is 0.909. The summed E-state index contributed by atoms with van der Waals surface area (Å²) in [6, 6.07) is 0.705. The van der Waals surface area contributed by atoms with Crippen LogP contribution in [0.2, 0.25) is 0 Å². The fourth-order valence-corrected chi connectivity index (χ4v) is 2.13. The number of hydrogen-bond acceptors (Lipinski definition) is 4. The summed E-state index contributed by atoms with van der Waals surface area (Å²) < 4.78 is 5.32. The molecule has 15 heavy (non-hydrogen) atoms. The van der Waals surface area contributed by atoms with Gasteiger partial charge in [-0.1, -0.05) is 6.42 Å². The molecule has 1 saturated heterocycles. The van der Waals surface area contributed by atoms with E-state index < -0.39 is 0 Å². The van der Waals surface area contributed by atoms with Crippen LogP contribution in [0.25, 0.3) is 0 Å². The fourth-order valence-electron chi connectivity index (χ4n) is 2.13. The Morgan fingerprint density at radius 3 is 3.20 bits per heavy atom. The van der Waals surface area contributed by atoms with Gasteiger partial charge in [-0.25, -0.2) is 0 Å². The zero-order valence-electron chi connectivity index (χ0n) is 9.30. The van der Waals surface area contributed by atoms with E-state index in [0.29, 0.717) is 12.6 Å². The van der Waals surface area contributed by atoms with Gasteiger partial charge < -0.3 is 15.4 Å². The summed E-state index contributed by atoms with van der Waals surface area (Å²) in [7, 11) is 0. The SMILES string of the molecule is C1CCC(CCNC2=NCCOC2)NC1. The first-order valence-electron chi connectivity index (χ1n) is 6.03. The lowest BCUT2D eigenvalue weighted by Crippen LogP contribution is -2.39. The zero-order chi connectivity index (χ0) is 10.3. The molecule has 0 radical (unpaired) electrons. The van der Waals surface area contributed by atoms with Crippen LogP contribution in [0.1, 0.15) is 25.7 Å². The van der Waals surface area contributed by atoms with E-state index in [1.807, 2.05) is 0 Å². The first-order valence-corrected chi connectivity index (χ1v) is 6.03. The van der Waals surface area contributed by atoms with Crippen LogP contribution in [0.5, 0.6) is 0 Å². The summed E-state index contributed by atoms with van der Waals surface area (Å²) >= 11 is 0. The molecule has 0 aliphatic carbocycles. The van der Waals surface area contributed by atoms with Crippen LogP contribution in [0.3, 0.4) is 0 Å². The molecule has 0 aromatic rings. The topological polar surface area (TPSA) is 45.7 Å². The van der Waals surface area contributed by atoms with Gasteiger partial charge in [0.15, 0.2) is 0 Å². The van der Waals surface area contributed by atoms with E-state index in [2.05, 4.69) is 15.6 Å². The largest absolute Gasteiger partial charge is 0.372 e. The number of amidine groups is 1. The van der Waals surface area contributed by atoms with Gasteiger partial charge >= 0.3 is 0 Å². The van der Waals surface area contributed by atoms with Crippen molar-refractivity contribution in [2.24, 2.45) is 4.99 Å². The number of rotatable bonds is 3. The van der Waals surface area contributed by atoms with Crippen molar-refractivity contribution in [3.63, 3.8) is 0 Å². The predicted octanol–water partition coefficient (Wildman–Crippen LogP) is 0.537. The highest BCUT2D eigenvalue weighted by molar-refractivity contribution is 5.83. The molecule has 0 saturated carbocycles. The number of nitrogens with zero attached hydrogens (tertiary/aromatic N) is 1. The Labute approximate surface area is 91.5 Å². The molecule has 2 rings (SSSR count). The van der Waals surface area contributed by atoms with E-state index in [-0.39, 0.29) is 0 Å². The van der Waals surface area contributed by atoms with Crippen molar-refractivity contribution in [2.45, 2.75) is 31.7 Å². The standard InChI is InChI=1S/C11H21N3O/c1-2-5-12-10(3-1)4-6-13-11-9-15-8-7-14-11/h10,12H,1-9H2,(H,13,14). The van der Waals surface area contributed by atoms with Crippen LogP contribution >= 0.6 is 0 Å². The Morgan fingerprint density at radius 2 is 2.47 bits per heavy atom. The Bertz CT molecular complexity index is 212. The van der Waals surface area contributed by atoms with Gasteiger partial charge in [-0.15, -0.1) is 0 Å². The Balaban J connectivity index is 1.59. The highest BCUT2D eigenvalue weighted by atomic mass is 16.5. The normalized spacial score (nSPS) is 27.2. The van der Waals surface area contributed by atoms with E-state index in [0.717, 1.165) is 25.5 Å². The minimum atomic E-state index is 0.665. The Hall–Kier alpha value is -0.610. The van der Waals surface area contributed by atoms with Gasteiger partial charge in [0.1, 0.15) is 12.4 Å². The third-order valence-electron chi connectivity index (χ3n) is 3.01. The Morgan fingerprint density at radius 1 is 1.47 bits per heavy atom. The lowest BCUT2D eigenvalue weighted by molar-refractivity contribution is 0.168. The number of aliphatic imine (C=N–C) groups is 1. The molecule has 2 aliphatic rings. The van der Waals surface area contributed by atoms with Crippen LogP contribution in [0, 0.1) is 0 Å². The highest BCUT2D eigenvalue weighted by Gasteiger charge is 2.12. The summed E-state index contributed by atoms with van der Waals surface area (Å²) in [5.41, 5.74) is 0. The predicted molar refractivity (Wildman–Crippen MR) is 61.4 cm³/mol. The number of nitrogens with one attached hydrogen (secondary N) is 2. The van der Waals surface area contributed by atoms with Gasteiger partial charge in [-0.05, 0) is 25.8 Å². The molecule has 1 atom stereocenters. The third kappa shape index (κ3) is 3.80. The molecule has 4 nitrogen and oxygen atoms in total. The van der Waals surface area contributed by atoms with Crippen molar-refractivity contribution >= 4 is 5.84 Å². The summed E-state index contributed by atoms with van der Waals surface area (Å²) in [5, 5.41) is 6.90. The van der Waals surface area contributed by atoms with E-state index in [1.54, 1.807) is 0 Å². The molecule has 2 aliphatic heterocycles. The smallest absolute Gasteiger partial charge is 0.123 e. The first-order chi connectivity index (χ1) is 7.45. The van der Waals surface area contributed by atoms with E-state index in [4.69, 9.17) is 4.74 Å². The molecule has 2 N–H and O–H groups in total. The molecular formula is C11H21N3O. The van der Waals surface area contributed by atoms with E-state index in [1.165, 1.54) is 32.2 Å². The average Bonchev–Trinajstić information content (AvgIpc) is 2.32. The lowest BCUT2D eigenvalue weighted by Gasteiger charge is -2.24. The molecule has 1 fully saturated rings. The summed E-state index contributed by atoms with van der Waals surface area (Å²) in [6.45, 7) is 4.45. The molecule has 1 unspecified atom stereocenters. The summed E-state index contributed by atoms with van der Waals surface area (Å²) in [6.07, 6.45) is 5.23. The lowest BCUT2D eigenvalue weighted by atomic mass is 10.0. The molecule has 0 aromatic heterocycles. The molecular weight excluding hydrogens is 190 g/mol. The van der Waals surface area contributed by atoms with Crippen LogP contribution in [0.4, 0.5) is 0 Å². The van der Waals surface area contributed by atoms with Gasteiger partial charge in [0.25, 0.3) is 0 Å². The van der Waals surface area contributed by atoms with Gasteiger partial charge in [0, 0.05) is 12.6 Å². The maximum absolute atomic E-state index is 5.32. The highest BCUT2D eigenvalue weighted by Crippen LogP contribution is 2.09. The summed E-state index contributed by atoms with van der Waals surface area (Å²) in [5.74, 6) is 1.03. The maximum Gasteiger partial charge on any atom is 0.123 e. The van der Waals surface area contributed by atoms with Crippen LogP contribution in [-0.4, -0.2) is 44.7 Å². The van der Waals surface area contributed by atoms with Gasteiger partial charge in [0.2, 0.25) is 0 Å². The minimum Gasteiger partial charge on any atom is -0.372 e. The van der Waals surface area contributed by atoms with Crippen molar-refractivity contribution in [3.8, 4) is 0 Å². The molecule has 0 aromatic carbocycles. The minimum absolute atomic E-state index is 0.665. The number of piperidine rings is 1. The number of ether oxygens (including phenoxy) is 1. The van der Waals surface area contributed by atoms with Gasteiger partial charge in [-0.3, -0.25) is 4.99 Å². The third-order valence-corrected chi connectivity index (χ3v) is 3.01.